The van der Waals surface area contributed by atoms with E-state index in [1.165, 1.54) is 13.1 Å². The van der Waals surface area contributed by atoms with Crippen molar-refractivity contribution in [3.8, 4) is 0 Å². The molecule has 0 spiro atoms. The van der Waals surface area contributed by atoms with Crippen LogP contribution in [-0.4, -0.2) is 42.0 Å². The van der Waals surface area contributed by atoms with Crippen LogP contribution < -0.4 is 5.32 Å². The molecule has 126 valence electrons. The van der Waals surface area contributed by atoms with Crippen LogP contribution in [0.2, 0.25) is 0 Å². The molecule has 0 bridgehead atoms. The van der Waals surface area contributed by atoms with Crippen LogP contribution in [0.4, 0.5) is 0 Å². The lowest BCUT2D eigenvalue weighted by Gasteiger charge is -2.20. The Hall–Kier alpha value is -2.50. The number of aldehydes is 1. The van der Waals surface area contributed by atoms with Crippen molar-refractivity contribution in [2.75, 3.05) is 7.05 Å². The summed E-state index contributed by atoms with van der Waals surface area (Å²) in [5.41, 5.74) is 0.231. The lowest BCUT2D eigenvalue weighted by molar-refractivity contribution is -0.142. The molecule has 1 aliphatic rings. The van der Waals surface area contributed by atoms with Crippen molar-refractivity contribution in [3.05, 3.63) is 36.0 Å². The number of carbonyl (C=O) groups excluding carboxylic acids is 4. The minimum absolute atomic E-state index is 0.0529. The first-order chi connectivity index (χ1) is 11.0. The van der Waals surface area contributed by atoms with Gasteiger partial charge in [-0.3, -0.25) is 19.3 Å². The van der Waals surface area contributed by atoms with E-state index in [2.05, 4.69) is 11.9 Å². The largest absolute Gasteiger partial charge is 0.359 e. The van der Waals surface area contributed by atoms with Gasteiger partial charge in [0.1, 0.15) is 6.29 Å². The Morgan fingerprint density at radius 2 is 1.91 bits per heavy atom. The standard InChI is InChI=1S/C15H18N2O4.C2H6/c1-4-5-6-12-10(2)14(20)17(15(12)21)11(9-18)7-8-13(19)16-3;1-2/h4-6,9,11H,2,7-8H2,1,3H3,(H,16,19);1-2H3/b5-4-,12-6+;. The van der Waals surface area contributed by atoms with Crippen LogP contribution in [-0.2, 0) is 19.2 Å². The van der Waals surface area contributed by atoms with Crippen molar-refractivity contribution in [1.29, 1.82) is 0 Å². The zero-order valence-corrected chi connectivity index (χ0v) is 14.1. The van der Waals surface area contributed by atoms with Crippen molar-refractivity contribution in [2.45, 2.75) is 39.7 Å². The lowest BCUT2D eigenvalue weighted by atomic mass is 10.1. The summed E-state index contributed by atoms with van der Waals surface area (Å²) < 4.78 is 0. The maximum Gasteiger partial charge on any atom is 0.262 e. The summed E-state index contributed by atoms with van der Waals surface area (Å²) in [6.07, 6.45) is 5.47. The Balaban J connectivity index is 0.00000232. The summed E-state index contributed by atoms with van der Waals surface area (Å²) in [6, 6.07) is -0.962. The predicted molar refractivity (Wildman–Crippen MR) is 88.4 cm³/mol. The van der Waals surface area contributed by atoms with Crippen molar-refractivity contribution < 1.29 is 19.2 Å². The normalized spacial score (nSPS) is 17.3. The Kier molecular flexibility index (Phi) is 9.15. The molecule has 0 aromatic heterocycles. The third-order valence-electron chi connectivity index (χ3n) is 3.14. The Labute approximate surface area is 136 Å². The first kappa shape index (κ1) is 20.5. The van der Waals surface area contributed by atoms with Gasteiger partial charge in [0.15, 0.2) is 0 Å². The fourth-order valence-corrected chi connectivity index (χ4v) is 1.94. The first-order valence-corrected chi connectivity index (χ1v) is 7.53. The van der Waals surface area contributed by atoms with Crippen LogP contribution in [0.15, 0.2) is 36.0 Å². The Bertz CT molecular complexity index is 547. The number of allylic oxidation sites excluding steroid dienone is 3. The zero-order valence-electron chi connectivity index (χ0n) is 14.1. The summed E-state index contributed by atoms with van der Waals surface area (Å²) in [5.74, 6) is -1.41. The molecule has 23 heavy (non-hydrogen) atoms. The number of nitrogens with zero attached hydrogens (tertiary/aromatic N) is 1. The van der Waals surface area contributed by atoms with Gasteiger partial charge in [0.25, 0.3) is 11.8 Å². The van der Waals surface area contributed by atoms with E-state index in [-0.39, 0.29) is 29.9 Å². The number of rotatable bonds is 6. The molecule has 1 aliphatic heterocycles. The van der Waals surface area contributed by atoms with E-state index < -0.39 is 17.9 Å². The number of amides is 3. The van der Waals surface area contributed by atoms with Gasteiger partial charge in [-0.1, -0.05) is 32.6 Å². The van der Waals surface area contributed by atoms with Crippen molar-refractivity contribution in [2.24, 2.45) is 0 Å². The van der Waals surface area contributed by atoms with E-state index in [1.54, 1.807) is 19.1 Å². The molecule has 1 unspecified atom stereocenters. The molecule has 0 radical (unpaired) electrons. The molecule has 6 nitrogen and oxygen atoms in total. The summed E-state index contributed by atoms with van der Waals surface area (Å²) in [7, 11) is 1.48. The van der Waals surface area contributed by atoms with Crippen LogP contribution in [0.5, 0.6) is 0 Å². The average Bonchev–Trinajstić information content (AvgIpc) is 2.78. The van der Waals surface area contributed by atoms with E-state index in [0.717, 1.165) is 4.90 Å². The van der Waals surface area contributed by atoms with Gasteiger partial charge in [0, 0.05) is 19.0 Å². The van der Waals surface area contributed by atoms with E-state index in [0.29, 0.717) is 6.29 Å². The van der Waals surface area contributed by atoms with Gasteiger partial charge in [-0.25, -0.2) is 0 Å². The molecule has 1 saturated heterocycles. The minimum Gasteiger partial charge on any atom is -0.359 e. The molecule has 6 heteroatoms. The SMILES string of the molecule is C=C1C(=O)N(C(C=O)CCC(=O)NC)C(=O)/C1=C/C=C\C.CC. The third-order valence-corrected chi connectivity index (χ3v) is 3.14. The highest BCUT2D eigenvalue weighted by molar-refractivity contribution is 6.25. The van der Waals surface area contributed by atoms with Gasteiger partial charge < -0.3 is 10.1 Å². The summed E-state index contributed by atoms with van der Waals surface area (Å²) in [6.45, 7) is 9.36. The van der Waals surface area contributed by atoms with Gasteiger partial charge in [0.2, 0.25) is 5.91 Å². The average molecular weight is 320 g/mol. The topological polar surface area (TPSA) is 83.6 Å². The lowest BCUT2D eigenvalue weighted by Crippen LogP contribution is -2.41. The van der Waals surface area contributed by atoms with Gasteiger partial charge >= 0.3 is 0 Å². The highest BCUT2D eigenvalue weighted by Crippen LogP contribution is 2.26. The Morgan fingerprint density at radius 1 is 1.30 bits per heavy atom. The molecular formula is C17H24N2O4. The fourth-order valence-electron chi connectivity index (χ4n) is 1.94. The molecule has 0 aromatic carbocycles. The van der Waals surface area contributed by atoms with Crippen LogP contribution in [0.1, 0.15) is 33.6 Å². The van der Waals surface area contributed by atoms with Gasteiger partial charge in [-0.05, 0) is 19.4 Å². The first-order valence-electron chi connectivity index (χ1n) is 7.53. The second kappa shape index (κ2) is 10.3. The molecule has 0 aliphatic carbocycles. The number of carbonyl (C=O) groups is 4. The van der Waals surface area contributed by atoms with Crippen molar-refractivity contribution in [1.82, 2.24) is 10.2 Å². The van der Waals surface area contributed by atoms with E-state index in [4.69, 9.17) is 0 Å². The summed E-state index contributed by atoms with van der Waals surface area (Å²) in [4.78, 5) is 47.6. The number of likely N-dealkylation sites (tertiary alicyclic amines) is 1. The molecule has 1 N–H and O–H groups in total. The smallest absolute Gasteiger partial charge is 0.262 e. The molecule has 1 fully saturated rings. The predicted octanol–water partition coefficient (Wildman–Crippen LogP) is 1.53. The number of nitrogens with one attached hydrogen (secondary N) is 1. The fraction of sp³-hybridized carbons (Fsp3) is 0.412. The zero-order chi connectivity index (χ0) is 18.0. The van der Waals surface area contributed by atoms with Crippen molar-refractivity contribution >= 4 is 24.0 Å². The second-order valence-corrected chi connectivity index (χ2v) is 4.48. The van der Waals surface area contributed by atoms with Crippen LogP contribution in [0.25, 0.3) is 0 Å². The Morgan fingerprint density at radius 3 is 2.39 bits per heavy atom. The van der Waals surface area contributed by atoms with Crippen molar-refractivity contribution in [3.63, 3.8) is 0 Å². The van der Waals surface area contributed by atoms with Gasteiger partial charge in [-0.15, -0.1) is 0 Å². The summed E-state index contributed by atoms with van der Waals surface area (Å²) in [5, 5.41) is 2.42. The van der Waals surface area contributed by atoms with Gasteiger partial charge in [-0.2, -0.15) is 0 Å². The highest BCUT2D eigenvalue weighted by Gasteiger charge is 2.41. The molecule has 1 atom stereocenters. The molecule has 3 amide bonds. The highest BCUT2D eigenvalue weighted by atomic mass is 16.2. The minimum atomic E-state index is -0.962. The molecule has 0 saturated carbocycles. The van der Waals surface area contributed by atoms with E-state index >= 15 is 0 Å². The van der Waals surface area contributed by atoms with E-state index in [9.17, 15) is 19.2 Å². The monoisotopic (exact) mass is 320 g/mol. The molecule has 1 rings (SSSR count). The van der Waals surface area contributed by atoms with Crippen LogP contribution in [0, 0.1) is 0 Å². The molecule has 1 heterocycles. The summed E-state index contributed by atoms with van der Waals surface area (Å²) >= 11 is 0. The maximum atomic E-state index is 12.2. The van der Waals surface area contributed by atoms with E-state index in [1.807, 2.05) is 13.8 Å². The third kappa shape index (κ3) is 5.02. The number of hydrogen-bond acceptors (Lipinski definition) is 4. The number of hydrogen-bond donors (Lipinski definition) is 1. The number of imide groups is 1. The maximum absolute atomic E-state index is 12.2. The molecular weight excluding hydrogens is 296 g/mol. The quantitative estimate of drug-likeness (QED) is 0.457. The van der Waals surface area contributed by atoms with Crippen LogP contribution >= 0.6 is 0 Å². The second-order valence-electron chi connectivity index (χ2n) is 4.48. The van der Waals surface area contributed by atoms with Crippen LogP contribution in [0.3, 0.4) is 0 Å². The van der Waals surface area contributed by atoms with Gasteiger partial charge in [0.05, 0.1) is 11.6 Å². The molecule has 0 aromatic rings.